The lowest BCUT2D eigenvalue weighted by Crippen LogP contribution is -2.16. The van der Waals surface area contributed by atoms with Crippen LogP contribution in [-0.2, 0) is 11.3 Å². The lowest BCUT2D eigenvalue weighted by Gasteiger charge is -2.12. The second-order valence-corrected chi connectivity index (χ2v) is 3.76. The number of aliphatic hydroxyl groups is 1. The van der Waals surface area contributed by atoms with Crippen LogP contribution in [0, 0.1) is 0 Å². The number of hydrogen-bond acceptors (Lipinski definition) is 3. The van der Waals surface area contributed by atoms with Crippen molar-refractivity contribution >= 4 is 11.6 Å². The van der Waals surface area contributed by atoms with E-state index < -0.39 is 6.10 Å². The molecule has 1 aromatic rings. The molecule has 15 heavy (non-hydrogen) atoms. The Labute approximate surface area is 95.0 Å². The number of nitrogens with one attached hydrogen (secondary N) is 1. The minimum atomic E-state index is -0.524. The average Bonchev–Trinajstić information content (AvgIpc) is 2.21. The molecule has 1 atom stereocenters. The number of aliphatic hydroxyl groups excluding tert-OH is 1. The zero-order valence-corrected chi connectivity index (χ0v) is 9.71. The molecule has 0 saturated heterocycles. The summed E-state index contributed by atoms with van der Waals surface area (Å²) >= 11 is 6.04. The summed E-state index contributed by atoms with van der Waals surface area (Å²) in [7, 11) is 3.42. The van der Waals surface area contributed by atoms with Crippen molar-refractivity contribution in [2.75, 3.05) is 20.7 Å². The van der Waals surface area contributed by atoms with Crippen molar-refractivity contribution in [1.82, 2.24) is 5.32 Å². The molecule has 0 bridgehead atoms. The van der Waals surface area contributed by atoms with Crippen LogP contribution in [0.15, 0.2) is 18.2 Å². The molecule has 0 aliphatic heterocycles. The van der Waals surface area contributed by atoms with Crippen LogP contribution in [-0.4, -0.2) is 25.8 Å². The van der Waals surface area contributed by atoms with Gasteiger partial charge in [0.2, 0.25) is 0 Å². The van der Waals surface area contributed by atoms with Crippen molar-refractivity contribution in [3.8, 4) is 0 Å². The Balaban J connectivity index is 2.81. The lowest BCUT2D eigenvalue weighted by molar-refractivity contribution is 0.176. The van der Waals surface area contributed by atoms with Gasteiger partial charge in [0.15, 0.2) is 0 Å². The maximum absolute atomic E-state index is 9.71. The molecule has 1 unspecified atom stereocenters. The summed E-state index contributed by atoms with van der Waals surface area (Å²) in [6, 6.07) is 5.51. The molecular formula is C11H16ClNO2. The van der Waals surface area contributed by atoms with Gasteiger partial charge < -0.3 is 15.2 Å². The summed E-state index contributed by atoms with van der Waals surface area (Å²) in [5, 5.41) is 13.2. The molecule has 1 rings (SSSR count). The van der Waals surface area contributed by atoms with E-state index in [0.29, 0.717) is 18.2 Å². The van der Waals surface area contributed by atoms with Gasteiger partial charge in [-0.25, -0.2) is 0 Å². The molecule has 2 N–H and O–H groups in total. The molecule has 0 aliphatic rings. The van der Waals surface area contributed by atoms with Crippen molar-refractivity contribution in [2.24, 2.45) is 0 Å². The number of likely N-dealkylation sites (N-methyl/N-ethyl adjacent to an activating group) is 1. The summed E-state index contributed by atoms with van der Waals surface area (Å²) in [6.45, 7) is 1.00. The van der Waals surface area contributed by atoms with Crippen LogP contribution < -0.4 is 5.32 Å². The summed E-state index contributed by atoms with van der Waals surface area (Å²) in [6.07, 6.45) is -0.524. The van der Waals surface area contributed by atoms with E-state index in [1.54, 1.807) is 20.2 Å². The van der Waals surface area contributed by atoms with Crippen LogP contribution in [0.25, 0.3) is 0 Å². The third-order valence-electron chi connectivity index (χ3n) is 2.16. The summed E-state index contributed by atoms with van der Waals surface area (Å²) in [5.74, 6) is 0. The van der Waals surface area contributed by atoms with E-state index in [-0.39, 0.29) is 0 Å². The van der Waals surface area contributed by atoms with E-state index in [4.69, 9.17) is 16.3 Å². The molecular weight excluding hydrogens is 214 g/mol. The van der Waals surface area contributed by atoms with Gasteiger partial charge in [-0.1, -0.05) is 23.7 Å². The first kappa shape index (κ1) is 12.5. The number of ether oxygens (including phenoxy) is 1. The topological polar surface area (TPSA) is 41.5 Å². The zero-order valence-electron chi connectivity index (χ0n) is 8.96. The monoisotopic (exact) mass is 229 g/mol. The van der Waals surface area contributed by atoms with E-state index in [9.17, 15) is 5.11 Å². The van der Waals surface area contributed by atoms with E-state index in [0.717, 1.165) is 11.1 Å². The highest BCUT2D eigenvalue weighted by atomic mass is 35.5. The van der Waals surface area contributed by atoms with Crippen LogP contribution in [0.5, 0.6) is 0 Å². The number of halogens is 1. The maximum atomic E-state index is 9.71. The molecule has 0 fully saturated rings. The molecule has 4 heteroatoms. The van der Waals surface area contributed by atoms with Crippen molar-refractivity contribution in [3.05, 3.63) is 34.3 Å². The fourth-order valence-corrected chi connectivity index (χ4v) is 1.60. The van der Waals surface area contributed by atoms with Gasteiger partial charge in [-0.3, -0.25) is 0 Å². The number of rotatable bonds is 5. The predicted octanol–water partition coefficient (Wildman–Crippen LogP) is 1.74. The van der Waals surface area contributed by atoms with Crippen molar-refractivity contribution in [2.45, 2.75) is 12.7 Å². The number of hydrogen-bond donors (Lipinski definition) is 2. The van der Waals surface area contributed by atoms with Gasteiger partial charge in [0.05, 0.1) is 12.7 Å². The summed E-state index contributed by atoms with van der Waals surface area (Å²) in [4.78, 5) is 0. The van der Waals surface area contributed by atoms with Crippen LogP contribution in [0.4, 0.5) is 0 Å². The summed E-state index contributed by atoms with van der Waals surface area (Å²) < 4.78 is 5.00. The van der Waals surface area contributed by atoms with Crippen LogP contribution in [0.1, 0.15) is 17.2 Å². The van der Waals surface area contributed by atoms with Gasteiger partial charge in [0, 0.05) is 18.7 Å². The Morgan fingerprint density at radius 2 is 2.27 bits per heavy atom. The minimum absolute atomic E-state index is 0.487. The maximum Gasteiger partial charge on any atom is 0.0914 e. The van der Waals surface area contributed by atoms with E-state index in [2.05, 4.69) is 5.32 Å². The number of methoxy groups -OCH3 is 1. The molecule has 84 valence electrons. The first-order valence-corrected chi connectivity index (χ1v) is 5.16. The lowest BCUT2D eigenvalue weighted by atomic mass is 10.1. The van der Waals surface area contributed by atoms with Gasteiger partial charge in [-0.05, 0) is 24.2 Å². The molecule has 1 aromatic carbocycles. The van der Waals surface area contributed by atoms with Gasteiger partial charge in [-0.2, -0.15) is 0 Å². The standard InChI is InChI=1S/C11H16ClNO2/c1-13-6-11(14)8-3-4-9(7-15-2)10(12)5-8/h3-5,11,13-14H,6-7H2,1-2H3. The Bertz CT molecular complexity index is 317. The first-order chi connectivity index (χ1) is 7.19. The second kappa shape index (κ2) is 6.08. The Morgan fingerprint density at radius 1 is 1.53 bits per heavy atom. The second-order valence-electron chi connectivity index (χ2n) is 3.36. The quantitative estimate of drug-likeness (QED) is 0.808. The fraction of sp³-hybridized carbons (Fsp3) is 0.455. The van der Waals surface area contributed by atoms with E-state index in [1.165, 1.54) is 0 Å². The fourth-order valence-electron chi connectivity index (χ4n) is 1.35. The highest BCUT2D eigenvalue weighted by molar-refractivity contribution is 6.31. The molecule has 0 saturated carbocycles. The zero-order chi connectivity index (χ0) is 11.3. The molecule has 0 spiro atoms. The highest BCUT2D eigenvalue weighted by Gasteiger charge is 2.08. The van der Waals surface area contributed by atoms with Crippen LogP contribution >= 0.6 is 11.6 Å². The van der Waals surface area contributed by atoms with Gasteiger partial charge >= 0.3 is 0 Å². The first-order valence-electron chi connectivity index (χ1n) is 4.79. The largest absolute Gasteiger partial charge is 0.387 e. The van der Waals surface area contributed by atoms with E-state index >= 15 is 0 Å². The van der Waals surface area contributed by atoms with Crippen molar-refractivity contribution in [3.63, 3.8) is 0 Å². The van der Waals surface area contributed by atoms with Crippen molar-refractivity contribution in [1.29, 1.82) is 0 Å². The molecule has 0 aliphatic carbocycles. The highest BCUT2D eigenvalue weighted by Crippen LogP contribution is 2.22. The van der Waals surface area contributed by atoms with Gasteiger partial charge in [0.1, 0.15) is 0 Å². The summed E-state index contributed by atoms with van der Waals surface area (Å²) in [5.41, 5.74) is 1.74. The minimum Gasteiger partial charge on any atom is -0.387 e. The third-order valence-corrected chi connectivity index (χ3v) is 2.51. The predicted molar refractivity (Wildman–Crippen MR) is 61.1 cm³/mol. The molecule has 0 amide bonds. The van der Waals surface area contributed by atoms with Crippen molar-refractivity contribution < 1.29 is 9.84 Å². The molecule has 3 nitrogen and oxygen atoms in total. The van der Waals surface area contributed by atoms with Gasteiger partial charge in [0.25, 0.3) is 0 Å². The Hall–Kier alpha value is -0.610. The third kappa shape index (κ3) is 3.47. The molecule has 0 heterocycles. The molecule has 0 radical (unpaired) electrons. The normalized spacial score (nSPS) is 12.8. The van der Waals surface area contributed by atoms with Crippen LogP contribution in [0.2, 0.25) is 5.02 Å². The van der Waals surface area contributed by atoms with Crippen LogP contribution in [0.3, 0.4) is 0 Å². The SMILES string of the molecule is CNCC(O)c1ccc(COC)c(Cl)c1. The van der Waals surface area contributed by atoms with Gasteiger partial charge in [-0.15, -0.1) is 0 Å². The Morgan fingerprint density at radius 3 is 2.80 bits per heavy atom. The molecule has 0 aromatic heterocycles. The van der Waals surface area contributed by atoms with E-state index in [1.807, 2.05) is 12.1 Å². The smallest absolute Gasteiger partial charge is 0.0914 e. The Kier molecular flexibility index (Phi) is 5.05. The average molecular weight is 230 g/mol. The number of benzene rings is 1.